The zero-order valence-electron chi connectivity index (χ0n) is 22.4. The first-order chi connectivity index (χ1) is 18.8. The number of amides is 2. The van der Waals surface area contributed by atoms with Crippen LogP contribution in [0.1, 0.15) is 31.9 Å². The zero-order valence-corrected chi connectivity index (χ0v) is 23.2. The van der Waals surface area contributed by atoms with Crippen LogP contribution < -0.4 is 9.62 Å². The van der Waals surface area contributed by atoms with E-state index in [9.17, 15) is 31.2 Å². The summed E-state index contributed by atoms with van der Waals surface area (Å²) < 4.78 is 68.6. The third kappa shape index (κ3) is 7.84. The average Bonchev–Trinajstić information content (AvgIpc) is 2.93. The van der Waals surface area contributed by atoms with Gasteiger partial charge in [-0.3, -0.25) is 13.9 Å². The molecule has 214 valence electrons. The van der Waals surface area contributed by atoms with Gasteiger partial charge >= 0.3 is 6.18 Å². The van der Waals surface area contributed by atoms with Gasteiger partial charge in [0.1, 0.15) is 12.6 Å². The molecule has 0 fully saturated rings. The molecule has 3 aromatic rings. The summed E-state index contributed by atoms with van der Waals surface area (Å²) in [5.41, 5.74) is -0.701. The second kappa shape index (κ2) is 13.0. The molecule has 1 unspecified atom stereocenters. The second-order valence-corrected chi connectivity index (χ2v) is 11.6. The number of alkyl halides is 3. The van der Waals surface area contributed by atoms with Crippen molar-refractivity contribution in [2.45, 2.75) is 44.4 Å². The van der Waals surface area contributed by atoms with Crippen LogP contribution in [0.3, 0.4) is 0 Å². The fourth-order valence-electron chi connectivity index (χ4n) is 3.90. The van der Waals surface area contributed by atoms with Gasteiger partial charge in [0, 0.05) is 13.1 Å². The number of carbonyl (C=O) groups excluding carboxylic acids is 2. The van der Waals surface area contributed by atoms with Crippen LogP contribution in [0.15, 0.2) is 89.8 Å². The van der Waals surface area contributed by atoms with Crippen LogP contribution in [0, 0.1) is 5.92 Å². The van der Waals surface area contributed by atoms with E-state index >= 15 is 0 Å². The van der Waals surface area contributed by atoms with Crippen molar-refractivity contribution in [1.29, 1.82) is 0 Å². The summed E-state index contributed by atoms with van der Waals surface area (Å²) >= 11 is 0. The Morgan fingerprint density at radius 1 is 0.875 bits per heavy atom. The van der Waals surface area contributed by atoms with E-state index in [4.69, 9.17) is 0 Å². The summed E-state index contributed by atoms with van der Waals surface area (Å²) in [7, 11) is -4.47. The first-order valence-electron chi connectivity index (χ1n) is 12.7. The van der Waals surface area contributed by atoms with Gasteiger partial charge in [-0.1, -0.05) is 68.4 Å². The van der Waals surface area contributed by atoms with E-state index in [2.05, 4.69) is 5.32 Å². The van der Waals surface area contributed by atoms with Crippen molar-refractivity contribution >= 4 is 27.5 Å². The van der Waals surface area contributed by atoms with E-state index in [0.29, 0.717) is 22.5 Å². The van der Waals surface area contributed by atoms with Crippen LogP contribution in [0.4, 0.5) is 18.9 Å². The van der Waals surface area contributed by atoms with Crippen LogP contribution in [-0.4, -0.2) is 44.3 Å². The fraction of sp³-hybridized carbons (Fsp3) is 0.310. The van der Waals surface area contributed by atoms with Crippen LogP contribution in [0.25, 0.3) is 0 Å². The molecular formula is C29H32F3N3O4S. The number of halogens is 3. The van der Waals surface area contributed by atoms with Crippen molar-refractivity contribution < 1.29 is 31.2 Å². The summed E-state index contributed by atoms with van der Waals surface area (Å²) in [6, 6.07) is 18.8. The minimum absolute atomic E-state index is 0.0161. The number of benzene rings is 3. The second-order valence-electron chi connectivity index (χ2n) is 9.70. The molecule has 11 heteroatoms. The summed E-state index contributed by atoms with van der Waals surface area (Å²) in [6.45, 7) is 4.88. The molecule has 2 amide bonds. The molecule has 0 saturated carbocycles. The van der Waals surface area contributed by atoms with Crippen molar-refractivity contribution in [1.82, 2.24) is 10.2 Å². The Bertz CT molecular complexity index is 1400. The van der Waals surface area contributed by atoms with Gasteiger partial charge in [0.15, 0.2) is 0 Å². The highest BCUT2D eigenvalue weighted by molar-refractivity contribution is 7.92. The molecule has 0 aliphatic heterocycles. The van der Waals surface area contributed by atoms with Gasteiger partial charge in [0.05, 0.1) is 16.1 Å². The molecule has 7 nitrogen and oxygen atoms in total. The van der Waals surface area contributed by atoms with Crippen molar-refractivity contribution in [2.24, 2.45) is 5.92 Å². The number of rotatable bonds is 11. The predicted molar refractivity (Wildman–Crippen MR) is 147 cm³/mol. The fourth-order valence-corrected chi connectivity index (χ4v) is 5.33. The van der Waals surface area contributed by atoms with Crippen LogP contribution in [0.2, 0.25) is 0 Å². The van der Waals surface area contributed by atoms with Crippen molar-refractivity contribution in [3.63, 3.8) is 0 Å². The Balaban J connectivity index is 2.05. The lowest BCUT2D eigenvalue weighted by Crippen LogP contribution is -2.51. The molecule has 3 aromatic carbocycles. The number of nitrogens with one attached hydrogen (secondary N) is 1. The predicted octanol–water partition coefficient (Wildman–Crippen LogP) is 5.09. The Kier molecular flexibility index (Phi) is 9.97. The number of hydrogen-bond donors (Lipinski definition) is 1. The lowest BCUT2D eigenvalue weighted by atomic mass is 10.1. The standard InChI is InChI=1S/C29H32F3N3O4S/c1-21(2)18-33-28(37)22(3)34(19-23-11-6-4-7-12-23)27(36)20-35(40(38,39)26-15-8-5-9-16-26)25-14-10-13-24(17-25)29(30,31)32/h4-17,21-22H,18-20H2,1-3H3,(H,33,37). The molecule has 0 aliphatic rings. The first kappa shape index (κ1) is 30.7. The third-order valence-electron chi connectivity index (χ3n) is 6.12. The van der Waals surface area contributed by atoms with E-state index < -0.39 is 46.2 Å². The summed E-state index contributed by atoms with van der Waals surface area (Å²) in [6.07, 6.45) is -4.73. The van der Waals surface area contributed by atoms with Gasteiger partial charge in [-0.05, 0) is 48.7 Å². The lowest BCUT2D eigenvalue weighted by Gasteiger charge is -2.32. The maximum absolute atomic E-state index is 13.8. The maximum atomic E-state index is 13.8. The Morgan fingerprint density at radius 3 is 2.05 bits per heavy atom. The Hall–Kier alpha value is -3.86. The number of carbonyl (C=O) groups is 2. The normalized spacial score (nSPS) is 12.6. The molecule has 0 heterocycles. The van der Waals surface area contributed by atoms with E-state index in [1.54, 1.807) is 36.4 Å². The van der Waals surface area contributed by atoms with Crippen LogP contribution in [0.5, 0.6) is 0 Å². The van der Waals surface area contributed by atoms with Gasteiger partial charge in [0.25, 0.3) is 10.0 Å². The van der Waals surface area contributed by atoms with Crippen molar-refractivity contribution in [3.8, 4) is 0 Å². The average molecular weight is 576 g/mol. The van der Waals surface area contributed by atoms with E-state index in [0.717, 1.165) is 12.1 Å². The smallest absolute Gasteiger partial charge is 0.354 e. The number of nitrogens with zero attached hydrogens (tertiary/aromatic N) is 2. The molecule has 0 aromatic heterocycles. The zero-order chi connectivity index (χ0) is 29.5. The maximum Gasteiger partial charge on any atom is 0.416 e. The molecule has 1 atom stereocenters. The molecule has 1 N–H and O–H groups in total. The Labute approximate surface area is 232 Å². The summed E-state index contributed by atoms with van der Waals surface area (Å²) in [5, 5.41) is 2.78. The van der Waals surface area contributed by atoms with Gasteiger partial charge in [-0.25, -0.2) is 8.42 Å². The van der Waals surface area contributed by atoms with E-state index in [1.807, 2.05) is 13.8 Å². The molecule has 0 saturated heterocycles. The first-order valence-corrected chi connectivity index (χ1v) is 14.1. The topological polar surface area (TPSA) is 86.8 Å². The van der Waals surface area contributed by atoms with Crippen LogP contribution in [-0.2, 0) is 32.3 Å². The quantitative estimate of drug-likeness (QED) is 0.345. The largest absolute Gasteiger partial charge is 0.416 e. The highest BCUT2D eigenvalue weighted by Gasteiger charge is 2.35. The number of hydrogen-bond acceptors (Lipinski definition) is 4. The summed E-state index contributed by atoms with van der Waals surface area (Å²) in [5.74, 6) is -1.04. The van der Waals surface area contributed by atoms with Gasteiger partial charge in [-0.15, -0.1) is 0 Å². The third-order valence-corrected chi connectivity index (χ3v) is 7.91. The van der Waals surface area contributed by atoms with Gasteiger partial charge < -0.3 is 10.2 Å². The van der Waals surface area contributed by atoms with Crippen LogP contribution >= 0.6 is 0 Å². The SMILES string of the molecule is CC(C)CNC(=O)C(C)N(Cc1ccccc1)C(=O)CN(c1cccc(C(F)(F)F)c1)S(=O)(=O)c1ccccc1. The summed E-state index contributed by atoms with van der Waals surface area (Å²) in [4.78, 5) is 27.8. The number of anilines is 1. The van der Waals surface area contributed by atoms with Gasteiger partial charge in [0.2, 0.25) is 11.8 Å². The van der Waals surface area contributed by atoms with Crippen molar-refractivity contribution in [2.75, 3.05) is 17.4 Å². The molecule has 0 radical (unpaired) electrons. The lowest BCUT2D eigenvalue weighted by molar-refractivity contribution is -0.139. The highest BCUT2D eigenvalue weighted by atomic mass is 32.2. The minimum atomic E-state index is -4.73. The van der Waals surface area contributed by atoms with E-state index in [1.165, 1.54) is 42.2 Å². The molecule has 0 spiro atoms. The Morgan fingerprint density at radius 2 is 1.48 bits per heavy atom. The molecule has 0 bridgehead atoms. The molecule has 0 aliphatic carbocycles. The number of sulfonamides is 1. The van der Waals surface area contributed by atoms with Gasteiger partial charge in [-0.2, -0.15) is 13.2 Å². The molecule has 40 heavy (non-hydrogen) atoms. The highest BCUT2D eigenvalue weighted by Crippen LogP contribution is 2.33. The monoisotopic (exact) mass is 575 g/mol. The van der Waals surface area contributed by atoms with E-state index in [-0.39, 0.29) is 23.0 Å². The van der Waals surface area contributed by atoms with Crippen molar-refractivity contribution in [3.05, 3.63) is 96.1 Å². The minimum Gasteiger partial charge on any atom is -0.354 e. The molecular weight excluding hydrogens is 543 g/mol. The molecule has 3 rings (SSSR count).